The van der Waals surface area contributed by atoms with Gasteiger partial charge in [-0.15, -0.1) is 0 Å². The summed E-state index contributed by atoms with van der Waals surface area (Å²) in [5, 5.41) is 14.5. The first-order chi connectivity index (χ1) is 15.0. The number of nitrogens with zero attached hydrogens (tertiary/aromatic N) is 1. The number of nitrogens with one attached hydrogen (secondary N) is 2. The summed E-state index contributed by atoms with van der Waals surface area (Å²) in [6.45, 7) is -0.833. The van der Waals surface area contributed by atoms with Crippen molar-refractivity contribution in [2.24, 2.45) is 0 Å². The standard InChI is InChI=1S/C24H25N3O4/c25-17-24(13-5-2-6-14-24)27-21(28)16-31-22(29)15-26-23(30)20-11-9-19(10-12-20)18-7-3-1-4-8-18/h1,3-4,7-12H,2,5-6,13-16H2,(H,26,30)(H,27,28). The summed E-state index contributed by atoms with van der Waals surface area (Å²) >= 11 is 0. The molecule has 0 atom stereocenters. The predicted molar refractivity (Wildman–Crippen MR) is 115 cm³/mol. The topological polar surface area (TPSA) is 108 Å². The lowest BCUT2D eigenvalue weighted by atomic mass is 9.83. The van der Waals surface area contributed by atoms with Crippen LogP contribution >= 0.6 is 0 Å². The van der Waals surface area contributed by atoms with Gasteiger partial charge in [-0.1, -0.05) is 61.7 Å². The summed E-state index contributed by atoms with van der Waals surface area (Å²) in [5.41, 5.74) is 1.57. The summed E-state index contributed by atoms with van der Waals surface area (Å²) in [6.07, 6.45) is 4.01. The van der Waals surface area contributed by atoms with Gasteiger partial charge in [0.05, 0.1) is 6.07 Å². The second kappa shape index (κ2) is 10.4. The summed E-state index contributed by atoms with van der Waals surface area (Å²) in [5.74, 6) is -1.65. The molecule has 0 aromatic heterocycles. The highest BCUT2D eigenvalue weighted by Crippen LogP contribution is 2.27. The van der Waals surface area contributed by atoms with Crippen LogP contribution in [-0.2, 0) is 14.3 Å². The summed E-state index contributed by atoms with van der Waals surface area (Å²) < 4.78 is 4.92. The normalized spacial score (nSPS) is 14.7. The number of esters is 1. The van der Waals surface area contributed by atoms with Crippen molar-refractivity contribution in [1.29, 1.82) is 5.26 Å². The van der Waals surface area contributed by atoms with E-state index in [1.54, 1.807) is 12.1 Å². The van der Waals surface area contributed by atoms with Crippen LogP contribution in [0, 0.1) is 11.3 Å². The van der Waals surface area contributed by atoms with Gasteiger partial charge in [0, 0.05) is 5.56 Å². The Kier molecular flexibility index (Phi) is 7.39. The van der Waals surface area contributed by atoms with Gasteiger partial charge in [-0.25, -0.2) is 0 Å². The first-order valence-corrected chi connectivity index (χ1v) is 10.3. The minimum Gasteiger partial charge on any atom is -0.454 e. The molecular weight excluding hydrogens is 394 g/mol. The molecule has 2 aromatic carbocycles. The van der Waals surface area contributed by atoms with Crippen LogP contribution in [0.5, 0.6) is 0 Å². The molecule has 160 valence electrons. The minimum absolute atomic E-state index is 0.351. The van der Waals surface area contributed by atoms with Gasteiger partial charge < -0.3 is 15.4 Å². The van der Waals surface area contributed by atoms with Crippen LogP contribution in [0.1, 0.15) is 42.5 Å². The van der Waals surface area contributed by atoms with E-state index in [-0.39, 0.29) is 6.54 Å². The molecule has 0 aliphatic heterocycles. The lowest BCUT2D eigenvalue weighted by molar-refractivity contribution is -0.148. The van der Waals surface area contributed by atoms with Crippen molar-refractivity contribution in [3.8, 4) is 17.2 Å². The Hall–Kier alpha value is -3.66. The van der Waals surface area contributed by atoms with Gasteiger partial charge in [0.1, 0.15) is 12.1 Å². The lowest BCUT2D eigenvalue weighted by Crippen LogP contribution is -2.50. The maximum Gasteiger partial charge on any atom is 0.325 e. The van der Waals surface area contributed by atoms with Gasteiger partial charge in [-0.05, 0) is 36.1 Å². The second-order valence-corrected chi connectivity index (χ2v) is 7.59. The zero-order valence-electron chi connectivity index (χ0n) is 17.2. The van der Waals surface area contributed by atoms with E-state index in [9.17, 15) is 19.6 Å². The molecule has 0 bridgehead atoms. The average molecular weight is 419 g/mol. The largest absolute Gasteiger partial charge is 0.454 e. The highest BCUT2D eigenvalue weighted by molar-refractivity contribution is 5.96. The Morgan fingerprint density at radius 2 is 1.58 bits per heavy atom. The molecule has 0 unspecified atom stereocenters. The van der Waals surface area contributed by atoms with Crippen molar-refractivity contribution >= 4 is 17.8 Å². The van der Waals surface area contributed by atoms with E-state index in [4.69, 9.17) is 4.74 Å². The Morgan fingerprint density at radius 3 is 2.23 bits per heavy atom. The molecule has 0 radical (unpaired) electrons. The van der Waals surface area contributed by atoms with Crippen LogP contribution < -0.4 is 10.6 Å². The lowest BCUT2D eigenvalue weighted by Gasteiger charge is -2.31. The fourth-order valence-corrected chi connectivity index (χ4v) is 3.62. The molecule has 1 fully saturated rings. The van der Waals surface area contributed by atoms with Crippen LogP contribution in [-0.4, -0.2) is 36.5 Å². The third kappa shape index (κ3) is 6.16. The van der Waals surface area contributed by atoms with E-state index < -0.39 is 29.9 Å². The average Bonchev–Trinajstić information content (AvgIpc) is 2.82. The molecule has 2 amide bonds. The quantitative estimate of drug-likeness (QED) is 0.671. The van der Waals surface area contributed by atoms with Crippen molar-refractivity contribution in [3.05, 3.63) is 60.2 Å². The number of ether oxygens (including phenoxy) is 1. The van der Waals surface area contributed by atoms with Crippen LogP contribution in [0.2, 0.25) is 0 Å². The number of carbonyl (C=O) groups is 3. The van der Waals surface area contributed by atoms with Crippen molar-refractivity contribution in [1.82, 2.24) is 10.6 Å². The zero-order chi connectivity index (χ0) is 22.1. The van der Waals surface area contributed by atoms with Gasteiger partial charge in [-0.2, -0.15) is 5.26 Å². The fourth-order valence-electron chi connectivity index (χ4n) is 3.62. The van der Waals surface area contributed by atoms with Crippen molar-refractivity contribution in [2.75, 3.05) is 13.2 Å². The van der Waals surface area contributed by atoms with E-state index in [1.165, 1.54) is 0 Å². The SMILES string of the molecule is N#CC1(NC(=O)COC(=O)CNC(=O)c2ccc(-c3ccccc3)cc2)CCCCC1. The summed E-state index contributed by atoms with van der Waals surface area (Å²) in [4.78, 5) is 36.2. The smallest absolute Gasteiger partial charge is 0.325 e. The van der Waals surface area contributed by atoms with E-state index in [0.29, 0.717) is 18.4 Å². The zero-order valence-corrected chi connectivity index (χ0v) is 17.2. The van der Waals surface area contributed by atoms with Crippen molar-refractivity contribution < 1.29 is 19.1 Å². The van der Waals surface area contributed by atoms with E-state index >= 15 is 0 Å². The predicted octanol–water partition coefficient (Wildman–Crippen LogP) is 2.97. The maximum atomic E-state index is 12.2. The molecule has 0 heterocycles. The van der Waals surface area contributed by atoms with Crippen LogP contribution in [0.3, 0.4) is 0 Å². The third-order valence-corrected chi connectivity index (χ3v) is 5.31. The summed E-state index contributed by atoms with van der Waals surface area (Å²) in [7, 11) is 0. The molecule has 2 aromatic rings. The van der Waals surface area contributed by atoms with Crippen LogP contribution in [0.4, 0.5) is 0 Å². The molecule has 7 heteroatoms. The van der Waals surface area contributed by atoms with Crippen LogP contribution in [0.25, 0.3) is 11.1 Å². The Balaban J connectivity index is 1.42. The molecule has 31 heavy (non-hydrogen) atoms. The number of nitriles is 1. The Bertz CT molecular complexity index is 959. The number of amides is 2. The van der Waals surface area contributed by atoms with Crippen molar-refractivity contribution in [3.63, 3.8) is 0 Å². The molecule has 2 N–H and O–H groups in total. The second-order valence-electron chi connectivity index (χ2n) is 7.59. The van der Waals surface area contributed by atoms with Gasteiger partial charge in [0.15, 0.2) is 6.61 Å². The molecule has 1 aliphatic rings. The number of rotatable bonds is 7. The van der Waals surface area contributed by atoms with Gasteiger partial charge >= 0.3 is 5.97 Å². The number of benzene rings is 2. The molecule has 7 nitrogen and oxygen atoms in total. The Morgan fingerprint density at radius 1 is 0.935 bits per heavy atom. The van der Waals surface area contributed by atoms with Crippen molar-refractivity contribution in [2.45, 2.75) is 37.6 Å². The number of hydrogen-bond donors (Lipinski definition) is 2. The molecule has 1 aliphatic carbocycles. The number of hydrogen-bond acceptors (Lipinski definition) is 5. The minimum atomic E-state index is -0.873. The highest BCUT2D eigenvalue weighted by atomic mass is 16.5. The first kappa shape index (κ1) is 22.0. The molecule has 0 saturated heterocycles. The fraction of sp³-hybridized carbons (Fsp3) is 0.333. The molecule has 1 saturated carbocycles. The molecule has 3 rings (SSSR count). The monoisotopic (exact) mass is 419 g/mol. The third-order valence-electron chi connectivity index (χ3n) is 5.31. The van der Waals surface area contributed by atoms with Crippen LogP contribution in [0.15, 0.2) is 54.6 Å². The Labute approximate surface area is 181 Å². The van der Waals surface area contributed by atoms with E-state index in [0.717, 1.165) is 30.4 Å². The highest BCUT2D eigenvalue weighted by Gasteiger charge is 2.33. The van der Waals surface area contributed by atoms with E-state index in [1.807, 2.05) is 42.5 Å². The molecule has 0 spiro atoms. The van der Waals surface area contributed by atoms with Gasteiger partial charge in [0.25, 0.3) is 11.8 Å². The maximum absolute atomic E-state index is 12.2. The molecular formula is C24H25N3O4. The number of carbonyl (C=O) groups excluding carboxylic acids is 3. The van der Waals surface area contributed by atoms with Gasteiger partial charge in [0.2, 0.25) is 0 Å². The van der Waals surface area contributed by atoms with E-state index in [2.05, 4.69) is 16.7 Å². The first-order valence-electron chi connectivity index (χ1n) is 10.3. The summed E-state index contributed by atoms with van der Waals surface area (Å²) in [6, 6.07) is 19.0. The van der Waals surface area contributed by atoms with Gasteiger partial charge in [-0.3, -0.25) is 14.4 Å².